The highest BCUT2D eigenvalue weighted by Crippen LogP contribution is 2.29. The largest absolute Gasteiger partial charge is 0.496 e. The second-order valence-corrected chi connectivity index (χ2v) is 8.58. The van der Waals surface area contributed by atoms with Gasteiger partial charge in [0.15, 0.2) is 5.13 Å². The van der Waals surface area contributed by atoms with Gasteiger partial charge in [0.05, 0.1) is 20.8 Å². The van der Waals surface area contributed by atoms with Gasteiger partial charge in [0.2, 0.25) is 5.91 Å². The summed E-state index contributed by atoms with van der Waals surface area (Å²) in [4.78, 5) is 31.2. The third kappa shape index (κ3) is 6.27. The third-order valence-electron chi connectivity index (χ3n) is 5.32. The number of hydrogen-bond acceptors (Lipinski definition) is 8. The molecule has 0 aliphatic heterocycles. The van der Waals surface area contributed by atoms with E-state index in [0.717, 1.165) is 11.1 Å². The minimum atomic E-state index is -0.313. The zero-order chi connectivity index (χ0) is 25.5. The molecule has 1 aromatic heterocycles. The fraction of sp³-hybridized carbons (Fsp3) is 0.250. The molecule has 5 N–H and O–H groups in total. The lowest BCUT2D eigenvalue weighted by Crippen LogP contribution is -2.32. The highest BCUT2D eigenvalue weighted by atomic mass is 32.1. The van der Waals surface area contributed by atoms with Crippen molar-refractivity contribution in [2.24, 2.45) is 5.73 Å². The van der Waals surface area contributed by atoms with Crippen molar-refractivity contribution < 1.29 is 19.1 Å². The summed E-state index contributed by atoms with van der Waals surface area (Å²) in [7, 11) is 4.82. The summed E-state index contributed by atoms with van der Waals surface area (Å²) in [5.41, 5.74) is 8.78. The first-order valence-electron chi connectivity index (χ1n) is 10.6. The quantitative estimate of drug-likeness (QED) is 0.250. The molecular formula is C24H28N6O4S. The third-order valence-corrected chi connectivity index (χ3v) is 6.01. The molecule has 3 aromatic rings. The van der Waals surface area contributed by atoms with Crippen molar-refractivity contribution in [3.63, 3.8) is 0 Å². The van der Waals surface area contributed by atoms with E-state index in [1.807, 2.05) is 6.92 Å². The van der Waals surface area contributed by atoms with E-state index in [2.05, 4.69) is 15.6 Å². The lowest BCUT2D eigenvalue weighted by atomic mass is 10.1. The van der Waals surface area contributed by atoms with Crippen LogP contribution in [0.5, 0.6) is 11.5 Å². The van der Waals surface area contributed by atoms with E-state index in [0.29, 0.717) is 33.4 Å². The summed E-state index contributed by atoms with van der Waals surface area (Å²) >= 11 is 1.33. The summed E-state index contributed by atoms with van der Waals surface area (Å²) in [6.07, 6.45) is 1.61. The number of nitrogens with zero attached hydrogens (tertiary/aromatic N) is 2. The Balaban J connectivity index is 1.79. The van der Waals surface area contributed by atoms with Crippen molar-refractivity contribution in [3.05, 3.63) is 64.2 Å². The minimum Gasteiger partial charge on any atom is -0.496 e. The molecule has 0 bridgehead atoms. The van der Waals surface area contributed by atoms with Crippen molar-refractivity contribution in [1.82, 2.24) is 10.3 Å². The number of benzene rings is 2. The van der Waals surface area contributed by atoms with Gasteiger partial charge in [-0.15, -0.1) is 11.3 Å². The van der Waals surface area contributed by atoms with Crippen LogP contribution in [0.1, 0.15) is 27.0 Å². The average molecular weight is 497 g/mol. The summed E-state index contributed by atoms with van der Waals surface area (Å²) < 4.78 is 10.7. The number of anilines is 2. The molecular weight excluding hydrogens is 468 g/mol. The summed E-state index contributed by atoms with van der Waals surface area (Å²) in [6.45, 7) is 2.07. The standard InChI is InChI=1S/C24H28N6O4S/c1-14-19(33-3)10-17(11-20(14)34-4)23(32)28-12-16-6-5-15(22(25)26)9-18(16)30(2)13-21(31)29-24-27-7-8-35-24/h5-11H,12-13H2,1-4H3,(H3,25,26)(H,28,32)(H,27,29,31). The number of thiazole rings is 1. The molecule has 0 aliphatic carbocycles. The summed E-state index contributed by atoms with van der Waals surface area (Å²) in [6, 6.07) is 8.51. The number of rotatable bonds is 10. The first-order chi connectivity index (χ1) is 16.7. The van der Waals surface area contributed by atoms with E-state index in [9.17, 15) is 9.59 Å². The number of amides is 2. The number of aromatic nitrogens is 1. The van der Waals surface area contributed by atoms with Crippen LogP contribution in [0.3, 0.4) is 0 Å². The molecule has 2 aromatic carbocycles. The van der Waals surface area contributed by atoms with Gasteiger partial charge in [0.1, 0.15) is 17.3 Å². The number of nitrogen functional groups attached to an aromatic ring is 1. The predicted octanol–water partition coefficient (Wildman–Crippen LogP) is 2.76. The Kier molecular flexibility index (Phi) is 8.26. The molecule has 10 nitrogen and oxygen atoms in total. The topological polar surface area (TPSA) is 143 Å². The lowest BCUT2D eigenvalue weighted by Gasteiger charge is -2.23. The van der Waals surface area contributed by atoms with Crippen LogP contribution in [-0.2, 0) is 11.3 Å². The van der Waals surface area contributed by atoms with E-state index in [1.54, 1.807) is 53.9 Å². The van der Waals surface area contributed by atoms with Gasteiger partial charge in [-0.1, -0.05) is 12.1 Å². The van der Waals surface area contributed by atoms with Crippen molar-refractivity contribution in [2.45, 2.75) is 13.5 Å². The Bertz CT molecular complexity index is 1200. The molecule has 11 heteroatoms. The number of ether oxygens (including phenoxy) is 2. The number of amidine groups is 1. The van der Waals surface area contributed by atoms with Crippen LogP contribution in [0.4, 0.5) is 10.8 Å². The molecule has 3 rings (SSSR count). The van der Waals surface area contributed by atoms with Gasteiger partial charge in [-0.25, -0.2) is 4.98 Å². The molecule has 35 heavy (non-hydrogen) atoms. The van der Waals surface area contributed by atoms with Crippen LogP contribution < -0.4 is 30.7 Å². The van der Waals surface area contributed by atoms with Gasteiger partial charge < -0.3 is 30.7 Å². The highest BCUT2D eigenvalue weighted by Gasteiger charge is 2.17. The van der Waals surface area contributed by atoms with Crippen molar-refractivity contribution in [2.75, 3.05) is 38.0 Å². The van der Waals surface area contributed by atoms with E-state index >= 15 is 0 Å². The molecule has 0 radical (unpaired) electrons. The van der Waals surface area contributed by atoms with Crippen LogP contribution in [0, 0.1) is 12.3 Å². The first-order valence-corrected chi connectivity index (χ1v) is 11.5. The van der Waals surface area contributed by atoms with Gasteiger partial charge in [-0.3, -0.25) is 15.0 Å². The zero-order valence-corrected chi connectivity index (χ0v) is 20.8. The number of carbonyl (C=O) groups excluding carboxylic acids is 2. The Hall–Kier alpha value is -4.12. The molecule has 0 aliphatic rings. The molecule has 0 fully saturated rings. The summed E-state index contributed by atoms with van der Waals surface area (Å²) in [5, 5.41) is 15.7. The van der Waals surface area contributed by atoms with Crippen molar-refractivity contribution in [1.29, 1.82) is 5.41 Å². The Morgan fingerprint density at radius 1 is 1.14 bits per heavy atom. The smallest absolute Gasteiger partial charge is 0.251 e. The van der Waals surface area contributed by atoms with Crippen molar-refractivity contribution >= 4 is 39.8 Å². The molecule has 0 atom stereocenters. The predicted molar refractivity (Wildman–Crippen MR) is 137 cm³/mol. The monoisotopic (exact) mass is 496 g/mol. The average Bonchev–Trinajstić information content (AvgIpc) is 3.35. The van der Waals surface area contributed by atoms with E-state index in [4.69, 9.17) is 20.6 Å². The molecule has 0 saturated heterocycles. The van der Waals surface area contributed by atoms with Crippen LogP contribution in [0.15, 0.2) is 41.9 Å². The SMILES string of the molecule is COc1cc(C(=O)NCc2ccc(C(=N)N)cc2N(C)CC(=O)Nc2nccs2)cc(OC)c1C. The minimum absolute atomic E-state index is 0.0360. The molecule has 0 spiro atoms. The Morgan fingerprint density at radius 2 is 1.83 bits per heavy atom. The number of likely N-dealkylation sites (N-methyl/N-ethyl adjacent to an activating group) is 1. The van der Waals surface area contributed by atoms with Gasteiger partial charge in [-0.2, -0.15) is 0 Å². The highest BCUT2D eigenvalue weighted by molar-refractivity contribution is 7.13. The van der Waals surface area contributed by atoms with E-state index < -0.39 is 0 Å². The zero-order valence-electron chi connectivity index (χ0n) is 20.0. The van der Waals surface area contributed by atoms with E-state index in [-0.39, 0.29) is 30.7 Å². The number of hydrogen-bond donors (Lipinski definition) is 4. The molecule has 1 heterocycles. The Labute approximate surface area is 207 Å². The number of carbonyl (C=O) groups is 2. The fourth-order valence-corrected chi connectivity index (χ4v) is 4.02. The van der Waals surface area contributed by atoms with Crippen molar-refractivity contribution in [3.8, 4) is 11.5 Å². The molecule has 0 saturated carbocycles. The van der Waals surface area contributed by atoms with Gasteiger partial charge in [-0.05, 0) is 30.7 Å². The lowest BCUT2D eigenvalue weighted by molar-refractivity contribution is -0.114. The first kappa shape index (κ1) is 25.5. The fourth-order valence-electron chi connectivity index (χ4n) is 3.48. The van der Waals surface area contributed by atoms with Crippen LogP contribution in [-0.4, -0.2) is 50.4 Å². The molecule has 2 amide bonds. The maximum Gasteiger partial charge on any atom is 0.251 e. The second-order valence-electron chi connectivity index (χ2n) is 7.69. The summed E-state index contributed by atoms with van der Waals surface area (Å²) in [5.74, 6) is 0.442. The van der Waals surface area contributed by atoms with Crippen LogP contribution >= 0.6 is 11.3 Å². The molecule has 0 unspecified atom stereocenters. The maximum absolute atomic E-state index is 12.9. The maximum atomic E-state index is 12.9. The number of nitrogens with two attached hydrogens (primary N) is 1. The van der Waals surface area contributed by atoms with Gasteiger partial charge in [0.25, 0.3) is 5.91 Å². The second kappa shape index (κ2) is 11.3. The number of methoxy groups -OCH3 is 2. The molecule has 184 valence electrons. The van der Waals surface area contributed by atoms with Gasteiger partial charge in [0, 0.05) is 47.5 Å². The van der Waals surface area contributed by atoms with E-state index in [1.165, 1.54) is 25.6 Å². The normalized spacial score (nSPS) is 10.4. The van der Waals surface area contributed by atoms with Crippen LogP contribution in [0.25, 0.3) is 0 Å². The Morgan fingerprint density at radius 3 is 2.40 bits per heavy atom. The van der Waals surface area contributed by atoms with Gasteiger partial charge >= 0.3 is 0 Å². The van der Waals surface area contributed by atoms with Crippen LogP contribution in [0.2, 0.25) is 0 Å². The number of nitrogens with one attached hydrogen (secondary N) is 3.